The number of ether oxygens (including phenoxy) is 2. The molecular formula is C18H17Br2ClO3. The van der Waals surface area contributed by atoms with E-state index in [0.29, 0.717) is 16.5 Å². The first-order chi connectivity index (χ1) is 11.2. The Morgan fingerprint density at radius 2 is 1.62 bits per heavy atom. The summed E-state index contributed by atoms with van der Waals surface area (Å²) < 4.78 is 12.7. The highest BCUT2D eigenvalue weighted by atomic mass is 79.9. The molecule has 2 aromatic carbocycles. The van der Waals surface area contributed by atoms with Crippen LogP contribution in [0.25, 0.3) is 0 Å². The highest BCUT2D eigenvalue weighted by Crippen LogP contribution is 2.34. The fraction of sp³-hybridized carbons (Fsp3) is 0.278. The molecule has 0 spiro atoms. The van der Waals surface area contributed by atoms with Gasteiger partial charge in [0.1, 0.15) is 11.5 Å². The second-order valence-electron chi connectivity index (χ2n) is 6.23. The maximum atomic E-state index is 12.1. The second-order valence-corrected chi connectivity index (χ2v) is 8.47. The van der Waals surface area contributed by atoms with Crippen LogP contribution in [0.5, 0.6) is 11.5 Å². The Hall–Kier alpha value is -1.04. The maximum absolute atomic E-state index is 12.1. The molecule has 0 bridgehead atoms. The van der Waals surface area contributed by atoms with Gasteiger partial charge in [-0.1, -0.05) is 64.2 Å². The van der Waals surface area contributed by atoms with Crippen LogP contribution in [0.2, 0.25) is 5.02 Å². The van der Waals surface area contributed by atoms with Crippen molar-refractivity contribution in [1.29, 1.82) is 0 Å². The number of carbonyl (C=O) groups excluding carboxylic acids is 1. The van der Waals surface area contributed by atoms with Gasteiger partial charge in [0.25, 0.3) is 0 Å². The third-order valence-electron chi connectivity index (χ3n) is 3.21. The Labute approximate surface area is 163 Å². The van der Waals surface area contributed by atoms with Crippen molar-refractivity contribution in [3.63, 3.8) is 0 Å². The molecule has 0 atom stereocenters. The fourth-order valence-electron chi connectivity index (χ4n) is 2.06. The third-order valence-corrected chi connectivity index (χ3v) is 4.49. The first-order valence-corrected chi connectivity index (χ1v) is 9.22. The Morgan fingerprint density at radius 1 is 1.04 bits per heavy atom. The van der Waals surface area contributed by atoms with Gasteiger partial charge in [-0.05, 0) is 41.8 Å². The lowest BCUT2D eigenvalue weighted by molar-refractivity contribution is -0.136. The molecule has 0 amide bonds. The van der Waals surface area contributed by atoms with Gasteiger partial charge in [-0.25, -0.2) is 4.79 Å². The summed E-state index contributed by atoms with van der Waals surface area (Å²) in [5.41, 5.74) is 0.779. The zero-order chi connectivity index (χ0) is 17.9. The van der Waals surface area contributed by atoms with E-state index in [2.05, 4.69) is 52.6 Å². The number of benzene rings is 2. The average Bonchev–Trinajstić information content (AvgIpc) is 2.47. The number of hydrogen-bond acceptors (Lipinski definition) is 3. The van der Waals surface area contributed by atoms with Gasteiger partial charge in [0, 0.05) is 14.5 Å². The Kier molecular flexibility index (Phi) is 6.34. The van der Waals surface area contributed by atoms with E-state index in [1.54, 1.807) is 24.3 Å². The van der Waals surface area contributed by atoms with Gasteiger partial charge < -0.3 is 9.47 Å². The molecule has 0 saturated carbocycles. The molecule has 0 aliphatic carbocycles. The lowest BCUT2D eigenvalue weighted by Gasteiger charge is -2.22. The molecule has 0 unspecified atom stereocenters. The van der Waals surface area contributed by atoms with Crippen LogP contribution in [0.3, 0.4) is 0 Å². The normalized spacial score (nSPS) is 11.2. The van der Waals surface area contributed by atoms with Crippen molar-refractivity contribution in [2.75, 3.05) is 6.61 Å². The molecule has 0 N–H and O–H groups in total. The minimum absolute atomic E-state index is 0.157. The van der Waals surface area contributed by atoms with E-state index >= 15 is 0 Å². The lowest BCUT2D eigenvalue weighted by atomic mass is 9.86. The molecule has 0 heterocycles. The monoisotopic (exact) mass is 474 g/mol. The molecular weight excluding hydrogens is 459 g/mol. The van der Waals surface area contributed by atoms with E-state index < -0.39 is 5.97 Å². The highest BCUT2D eigenvalue weighted by Gasteiger charge is 2.21. The topological polar surface area (TPSA) is 35.5 Å². The van der Waals surface area contributed by atoms with Crippen molar-refractivity contribution in [2.24, 2.45) is 0 Å². The molecule has 24 heavy (non-hydrogen) atoms. The van der Waals surface area contributed by atoms with Crippen LogP contribution in [0.15, 0.2) is 45.3 Å². The summed E-state index contributed by atoms with van der Waals surface area (Å²) in [5, 5.41) is 0.427. The first kappa shape index (κ1) is 19.3. The van der Waals surface area contributed by atoms with Crippen molar-refractivity contribution < 1.29 is 14.3 Å². The molecule has 0 radical (unpaired) electrons. The molecule has 3 nitrogen and oxygen atoms in total. The summed E-state index contributed by atoms with van der Waals surface area (Å²) >= 11 is 12.8. The van der Waals surface area contributed by atoms with Gasteiger partial charge in [0.2, 0.25) is 0 Å². The van der Waals surface area contributed by atoms with Gasteiger partial charge in [-0.2, -0.15) is 0 Å². The number of halogens is 3. The van der Waals surface area contributed by atoms with Crippen molar-refractivity contribution in [3.05, 3.63) is 55.9 Å². The summed E-state index contributed by atoms with van der Waals surface area (Å²) in [5.74, 6) is 0.478. The Balaban J connectivity index is 2.08. The van der Waals surface area contributed by atoms with Gasteiger partial charge in [-0.3, -0.25) is 0 Å². The SMILES string of the molecule is CC(C)(C)c1cc(Br)ccc1OC(=O)COc1ccc(Br)cc1Cl. The van der Waals surface area contributed by atoms with Crippen LogP contribution in [0.4, 0.5) is 0 Å². The van der Waals surface area contributed by atoms with Crippen LogP contribution in [0.1, 0.15) is 26.3 Å². The average molecular weight is 477 g/mol. The minimum Gasteiger partial charge on any atom is -0.480 e. The number of carbonyl (C=O) groups is 1. The minimum atomic E-state index is -0.484. The molecule has 0 aliphatic rings. The predicted octanol–water partition coefficient (Wildman–Crippen LogP) is 6.15. The van der Waals surface area contributed by atoms with E-state index in [1.165, 1.54) is 0 Å². The number of hydrogen-bond donors (Lipinski definition) is 0. The number of rotatable bonds is 4. The van der Waals surface area contributed by atoms with Crippen LogP contribution in [-0.4, -0.2) is 12.6 Å². The summed E-state index contributed by atoms with van der Waals surface area (Å²) in [6.45, 7) is 5.96. The molecule has 0 aliphatic heterocycles. The van der Waals surface area contributed by atoms with Gasteiger partial charge in [-0.15, -0.1) is 0 Å². The van der Waals surface area contributed by atoms with Crippen molar-refractivity contribution in [2.45, 2.75) is 26.2 Å². The Bertz CT molecular complexity index is 754. The predicted molar refractivity (Wildman–Crippen MR) is 103 cm³/mol. The highest BCUT2D eigenvalue weighted by molar-refractivity contribution is 9.10. The van der Waals surface area contributed by atoms with Crippen molar-refractivity contribution >= 4 is 49.4 Å². The quantitative estimate of drug-likeness (QED) is 0.392. The van der Waals surface area contributed by atoms with Gasteiger partial charge in [0.05, 0.1) is 5.02 Å². The van der Waals surface area contributed by atoms with E-state index in [9.17, 15) is 4.79 Å². The molecule has 6 heteroatoms. The van der Waals surface area contributed by atoms with E-state index in [0.717, 1.165) is 14.5 Å². The smallest absolute Gasteiger partial charge is 0.349 e. The van der Waals surface area contributed by atoms with E-state index in [1.807, 2.05) is 12.1 Å². The van der Waals surface area contributed by atoms with Crippen LogP contribution in [0, 0.1) is 0 Å². The molecule has 128 valence electrons. The third kappa shape index (κ3) is 5.23. The van der Waals surface area contributed by atoms with Crippen molar-refractivity contribution in [3.8, 4) is 11.5 Å². The zero-order valence-electron chi connectivity index (χ0n) is 13.5. The molecule has 0 saturated heterocycles. The van der Waals surface area contributed by atoms with E-state index in [4.69, 9.17) is 21.1 Å². The molecule has 2 aromatic rings. The first-order valence-electron chi connectivity index (χ1n) is 7.25. The largest absolute Gasteiger partial charge is 0.480 e. The van der Waals surface area contributed by atoms with Crippen molar-refractivity contribution in [1.82, 2.24) is 0 Å². The standard InChI is InChI=1S/C18H17Br2ClO3/c1-18(2,3)13-8-11(19)4-6-15(13)24-17(22)10-23-16-7-5-12(20)9-14(16)21/h4-9H,10H2,1-3H3. The molecule has 0 aromatic heterocycles. The molecule has 0 fully saturated rings. The second kappa shape index (κ2) is 7.89. The summed E-state index contributed by atoms with van der Waals surface area (Å²) in [6, 6.07) is 10.8. The van der Waals surface area contributed by atoms with Gasteiger partial charge >= 0.3 is 5.97 Å². The molecule has 2 rings (SSSR count). The lowest BCUT2D eigenvalue weighted by Crippen LogP contribution is -2.21. The zero-order valence-corrected chi connectivity index (χ0v) is 17.5. The Morgan fingerprint density at radius 3 is 2.21 bits per heavy atom. The van der Waals surface area contributed by atoms with Crippen LogP contribution < -0.4 is 9.47 Å². The number of esters is 1. The van der Waals surface area contributed by atoms with E-state index in [-0.39, 0.29) is 12.0 Å². The summed E-state index contributed by atoms with van der Waals surface area (Å²) in [7, 11) is 0. The van der Waals surface area contributed by atoms with Crippen LogP contribution >= 0.6 is 43.5 Å². The fourth-order valence-corrected chi connectivity index (χ4v) is 3.15. The maximum Gasteiger partial charge on any atom is 0.349 e. The van der Waals surface area contributed by atoms with Gasteiger partial charge in [0.15, 0.2) is 6.61 Å². The summed E-state index contributed by atoms with van der Waals surface area (Å²) in [6.07, 6.45) is 0. The summed E-state index contributed by atoms with van der Waals surface area (Å²) in [4.78, 5) is 12.1. The van der Waals surface area contributed by atoms with Crippen LogP contribution in [-0.2, 0) is 10.2 Å².